The third-order valence-electron chi connectivity index (χ3n) is 2.56. The highest BCUT2D eigenvalue weighted by molar-refractivity contribution is 6.33. The number of aliphatic hydroxyl groups is 1. The van der Waals surface area contributed by atoms with Crippen LogP contribution in [0.25, 0.3) is 0 Å². The van der Waals surface area contributed by atoms with Crippen molar-refractivity contribution in [1.29, 1.82) is 0 Å². The zero-order chi connectivity index (χ0) is 11.5. The Balaban J connectivity index is 2.89. The molecule has 3 nitrogen and oxygen atoms in total. The van der Waals surface area contributed by atoms with Crippen molar-refractivity contribution in [3.05, 3.63) is 23.2 Å². The van der Waals surface area contributed by atoms with E-state index in [1.165, 1.54) is 0 Å². The fourth-order valence-electron chi connectivity index (χ4n) is 1.20. The second kappa shape index (κ2) is 4.73. The zero-order valence-corrected chi connectivity index (χ0v) is 9.80. The van der Waals surface area contributed by atoms with E-state index < -0.39 is 0 Å². The molecule has 4 N–H and O–H groups in total. The van der Waals surface area contributed by atoms with Gasteiger partial charge in [0.1, 0.15) is 0 Å². The van der Waals surface area contributed by atoms with Crippen LogP contribution in [0.3, 0.4) is 0 Å². The van der Waals surface area contributed by atoms with Crippen LogP contribution in [-0.2, 0) is 0 Å². The van der Waals surface area contributed by atoms with Crippen molar-refractivity contribution in [2.45, 2.75) is 25.8 Å². The van der Waals surface area contributed by atoms with Gasteiger partial charge in [0.15, 0.2) is 0 Å². The Hall–Kier alpha value is -0.930. The Labute approximate surface area is 95.2 Å². The van der Waals surface area contributed by atoms with Crippen LogP contribution in [0, 0.1) is 0 Å². The summed E-state index contributed by atoms with van der Waals surface area (Å²) in [6.45, 7) is 4.01. The molecule has 0 saturated carbocycles. The molecule has 0 fully saturated rings. The van der Waals surface area contributed by atoms with Gasteiger partial charge in [0.2, 0.25) is 0 Å². The molecule has 1 unspecified atom stereocenters. The summed E-state index contributed by atoms with van der Waals surface area (Å²) >= 11 is 6.03. The van der Waals surface area contributed by atoms with Crippen molar-refractivity contribution >= 4 is 23.0 Å². The molecule has 0 aromatic heterocycles. The summed E-state index contributed by atoms with van der Waals surface area (Å²) in [6, 6.07) is 5.29. The van der Waals surface area contributed by atoms with Gasteiger partial charge < -0.3 is 16.2 Å². The summed E-state index contributed by atoms with van der Waals surface area (Å²) in [5, 5.41) is 13.0. The monoisotopic (exact) mass is 228 g/mol. The lowest BCUT2D eigenvalue weighted by atomic mass is 10.00. The number of nitrogen functional groups attached to an aromatic ring is 1. The second-order valence-electron chi connectivity index (χ2n) is 3.94. The van der Waals surface area contributed by atoms with Gasteiger partial charge in [0.25, 0.3) is 0 Å². The maximum Gasteiger partial charge on any atom is 0.0658 e. The predicted molar refractivity (Wildman–Crippen MR) is 65.3 cm³/mol. The van der Waals surface area contributed by atoms with Crippen LogP contribution in [0.1, 0.15) is 20.3 Å². The van der Waals surface area contributed by atoms with E-state index in [0.29, 0.717) is 10.7 Å². The molecule has 0 bridgehead atoms. The van der Waals surface area contributed by atoms with Crippen molar-refractivity contribution in [3.8, 4) is 0 Å². The normalized spacial score (nSPS) is 14.7. The van der Waals surface area contributed by atoms with Crippen LogP contribution in [0.2, 0.25) is 5.02 Å². The van der Waals surface area contributed by atoms with Gasteiger partial charge in [0.05, 0.1) is 22.9 Å². The summed E-state index contributed by atoms with van der Waals surface area (Å²) in [4.78, 5) is 0. The number of aliphatic hydroxyl groups excluding tert-OH is 1. The van der Waals surface area contributed by atoms with Crippen LogP contribution >= 0.6 is 11.6 Å². The number of nitrogens with one attached hydrogen (secondary N) is 1. The Morgan fingerprint density at radius 1 is 1.53 bits per heavy atom. The molecule has 0 spiro atoms. The minimum atomic E-state index is -0.347. The number of benzene rings is 1. The average molecular weight is 229 g/mol. The van der Waals surface area contributed by atoms with Gasteiger partial charge in [-0.3, -0.25) is 0 Å². The standard InChI is InChI=1S/C11H17ClN2O/c1-3-11(2,7-15)14-10-5-4-8(13)6-9(10)12/h4-6,14-15H,3,7,13H2,1-2H3. The van der Waals surface area contributed by atoms with Gasteiger partial charge in [-0.2, -0.15) is 0 Å². The molecule has 0 radical (unpaired) electrons. The summed E-state index contributed by atoms with van der Waals surface area (Å²) < 4.78 is 0. The van der Waals surface area contributed by atoms with Crippen LogP contribution in [0.5, 0.6) is 0 Å². The molecule has 15 heavy (non-hydrogen) atoms. The molecule has 1 aromatic carbocycles. The number of rotatable bonds is 4. The van der Waals surface area contributed by atoms with Crippen molar-refractivity contribution < 1.29 is 5.11 Å². The van der Waals surface area contributed by atoms with E-state index in [4.69, 9.17) is 17.3 Å². The van der Waals surface area contributed by atoms with Crippen molar-refractivity contribution in [2.75, 3.05) is 17.7 Å². The Bertz CT molecular complexity index is 337. The lowest BCUT2D eigenvalue weighted by Crippen LogP contribution is -2.38. The molecule has 4 heteroatoms. The second-order valence-corrected chi connectivity index (χ2v) is 4.34. The molecular formula is C11H17ClN2O. The molecule has 1 atom stereocenters. The molecule has 0 heterocycles. The molecule has 84 valence electrons. The summed E-state index contributed by atoms with van der Waals surface area (Å²) in [6.07, 6.45) is 0.810. The van der Waals surface area contributed by atoms with Crippen molar-refractivity contribution in [2.24, 2.45) is 0 Å². The highest BCUT2D eigenvalue weighted by Gasteiger charge is 2.21. The van der Waals surface area contributed by atoms with E-state index in [9.17, 15) is 5.11 Å². The largest absolute Gasteiger partial charge is 0.399 e. The van der Waals surface area contributed by atoms with Gasteiger partial charge in [-0.1, -0.05) is 18.5 Å². The maximum absolute atomic E-state index is 9.26. The Kier molecular flexibility index (Phi) is 3.83. The van der Waals surface area contributed by atoms with E-state index >= 15 is 0 Å². The number of hydrogen-bond acceptors (Lipinski definition) is 3. The highest BCUT2D eigenvalue weighted by atomic mass is 35.5. The van der Waals surface area contributed by atoms with Gasteiger partial charge in [0, 0.05) is 5.69 Å². The van der Waals surface area contributed by atoms with E-state index in [1.54, 1.807) is 12.1 Å². The lowest BCUT2D eigenvalue weighted by molar-refractivity contribution is 0.219. The minimum absolute atomic E-state index is 0.0597. The average Bonchev–Trinajstić information content (AvgIpc) is 2.22. The van der Waals surface area contributed by atoms with Crippen LogP contribution in [0.4, 0.5) is 11.4 Å². The van der Waals surface area contributed by atoms with Crippen LogP contribution in [0.15, 0.2) is 18.2 Å². The first-order valence-electron chi connectivity index (χ1n) is 4.95. The third kappa shape index (κ3) is 3.01. The van der Waals surface area contributed by atoms with Gasteiger partial charge in [-0.25, -0.2) is 0 Å². The van der Waals surface area contributed by atoms with E-state index in [1.807, 2.05) is 19.9 Å². The molecule has 0 saturated heterocycles. The molecule has 0 amide bonds. The number of nitrogens with two attached hydrogens (primary N) is 1. The summed E-state index contributed by atoms with van der Waals surface area (Å²) in [5.41, 5.74) is 6.67. The molecule has 0 aliphatic carbocycles. The third-order valence-corrected chi connectivity index (χ3v) is 2.87. The molecule has 0 aliphatic rings. The topological polar surface area (TPSA) is 58.3 Å². The van der Waals surface area contributed by atoms with Gasteiger partial charge in [-0.05, 0) is 31.5 Å². The van der Waals surface area contributed by atoms with Crippen LogP contribution in [-0.4, -0.2) is 17.3 Å². The van der Waals surface area contributed by atoms with Crippen molar-refractivity contribution in [1.82, 2.24) is 0 Å². The first-order chi connectivity index (χ1) is 7.00. The Morgan fingerprint density at radius 2 is 2.20 bits per heavy atom. The first-order valence-corrected chi connectivity index (χ1v) is 5.32. The minimum Gasteiger partial charge on any atom is -0.399 e. The zero-order valence-electron chi connectivity index (χ0n) is 9.05. The van der Waals surface area contributed by atoms with E-state index in [2.05, 4.69) is 5.32 Å². The molecule has 1 rings (SSSR count). The van der Waals surface area contributed by atoms with Gasteiger partial charge in [-0.15, -0.1) is 0 Å². The lowest BCUT2D eigenvalue weighted by Gasteiger charge is -2.29. The molecule has 0 aliphatic heterocycles. The smallest absolute Gasteiger partial charge is 0.0658 e. The molecular weight excluding hydrogens is 212 g/mol. The van der Waals surface area contributed by atoms with Crippen molar-refractivity contribution in [3.63, 3.8) is 0 Å². The van der Waals surface area contributed by atoms with E-state index in [-0.39, 0.29) is 12.1 Å². The SMILES string of the molecule is CCC(C)(CO)Nc1ccc(N)cc1Cl. The quantitative estimate of drug-likeness (QED) is 0.694. The number of hydrogen-bond donors (Lipinski definition) is 3. The number of halogens is 1. The fourth-order valence-corrected chi connectivity index (χ4v) is 1.43. The molecule has 1 aromatic rings. The van der Waals surface area contributed by atoms with E-state index in [0.717, 1.165) is 12.1 Å². The maximum atomic E-state index is 9.26. The Morgan fingerprint density at radius 3 is 2.67 bits per heavy atom. The highest BCUT2D eigenvalue weighted by Crippen LogP contribution is 2.27. The summed E-state index contributed by atoms with van der Waals surface area (Å²) in [7, 11) is 0. The number of anilines is 2. The fraction of sp³-hybridized carbons (Fsp3) is 0.455. The van der Waals surface area contributed by atoms with Gasteiger partial charge >= 0.3 is 0 Å². The summed E-state index contributed by atoms with van der Waals surface area (Å²) in [5.74, 6) is 0. The van der Waals surface area contributed by atoms with Crippen LogP contribution < -0.4 is 11.1 Å². The first kappa shape index (κ1) is 12.1. The predicted octanol–water partition coefficient (Wildman–Crippen LogP) is 2.50.